The van der Waals surface area contributed by atoms with Crippen LogP contribution < -0.4 is 16.6 Å². The first-order valence-electron chi connectivity index (χ1n) is 5.36. The van der Waals surface area contributed by atoms with Crippen LogP contribution in [0.25, 0.3) is 0 Å². The first kappa shape index (κ1) is 11.4. The van der Waals surface area contributed by atoms with E-state index in [1.165, 1.54) is 6.33 Å². The summed E-state index contributed by atoms with van der Waals surface area (Å²) in [6.07, 6.45) is 3.69. The van der Waals surface area contributed by atoms with E-state index in [2.05, 4.69) is 15.3 Å². The van der Waals surface area contributed by atoms with Crippen molar-refractivity contribution in [3.8, 4) is 0 Å². The number of rotatable bonds is 4. The zero-order valence-corrected chi connectivity index (χ0v) is 9.19. The van der Waals surface area contributed by atoms with Gasteiger partial charge in [0.2, 0.25) is 0 Å². The molecule has 0 bridgehead atoms. The number of hydrogen-bond donors (Lipinski definition) is 4. The summed E-state index contributed by atoms with van der Waals surface area (Å²) in [5.41, 5.74) is 4.64. The summed E-state index contributed by atoms with van der Waals surface area (Å²) in [6, 6.07) is 0. The van der Waals surface area contributed by atoms with E-state index in [9.17, 15) is 9.59 Å². The number of nitrogen functional groups attached to an aromatic ring is 1. The van der Waals surface area contributed by atoms with E-state index < -0.39 is 17.1 Å². The van der Waals surface area contributed by atoms with Crippen molar-refractivity contribution in [3.05, 3.63) is 16.7 Å². The van der Waals surface area contributed by atoms with Crippen LogP contribution in [0.4, 0.5) is 11.5 Å². The maximum atomic E-state index is 11.3. The zero-order valence-electron chi connectivity index (χ0n) is 9.19. The largest absolute Gasteiger partial charge is 0.481 e. The molecule has 0 radical (unpaired) electrons. The molecular formula is C10H14N4O3. The van der Waals surface area contributed by atoms with Crippen LogP contribution in [0.1, 0.15) is 25.7 Å². The molecule has 17 heavy (non-hydrogen) atoms. The van der Waals surface area contributed by atoms with E-state index >= 15 is 0 Å². The van der Waals surface area contributed by atoms with Gasteiger partial charge in [-0.2, -0.15) is 0 Å². The highest BCUT2D eigenvalue weighted by Gasteiger charge is 2.39. The van der Waals surface area contributed by atoms with Gasteiger partial charge in [0, 0.05) is 5.54 Å². The fourth-order valence-corrected chi connectivity index (χ4v) is 2.00. The lowest BCUT2D eigenvalue weighted by molar-refractivity contribution is -0.138. The molecule has 1 aliphatic rings. The van der Waals surface area contributed by atoms with Crippen molar-refractivity contribution in [3.63, 3.8) is 0 Å². The lowest BCUT2D eigenvalue weighted by Crippen LogP contribution is -2.47. The van der Waals surface area contributed by atoms with Gasteiger partial charge in [-0.1, -0.05) is 0 Å². The lowest BCUT2D eigenvalue weighted by Gasteiger charge is -2.42. The number of anilines is 2. The molecule has 1 saturated carbocycles. The van der Waals surface area contributed by atoms with E-state index in [0.29, 0.717) is 0 Å². The minimum atomic E-state index is -0.874. The molecule has 0 unspecified atom stereocenters. The summed E-state index contributed by atoms with van der Waals surface area (Å²) in [4.78, 5) is 28.4. The van der Waals surface area contributed by atoms with E-state index in [1.54, 1.807) is 0 Å². The van der Waals surface area contributed by atoms with Crippen molar-refractivity contribution in [2.75, 3.05) is 11.1 Å². The minimum absolute atomic E-state index is 0.000912. The summed E-state index contributed by atoms with van der Waals surface area (Å²) in [5.74, 6) is -0.615. The summed E-state index contributed by atoms with van der Waals surface area (Å²) in [6.45, 7) is 0. The summed E-state index contributed by atoms with van der Waals surface area (Å²) >= 11 is 0. The van der Waals surface area contributed by atoms with Crippen LogP contribution >= 0.6 is 0 Å². The quantitative estimate of drug-likeness (QED) is 0.593. The van der Waals surface area contributed by atoms with Crippen LogP contribution in [-0.4, -0.2) is 26.6 Å². The molecule has 2 rings (SSSR count). The van der Waals surface area contributed by atoms with E-state index in [4.69, 9.17) is 10.8 Å². The van der Waals surface area contributed by atoms with Gasteiger partial charge in [-0.15, -0.1) is 0 Å². The molecule has 1 aromatic heterocycles. The number of carboxylic acids is 1. The third-order valence-electron chi connectivity index (χ3n) is 3.07. The van der Waals surface area contributed by atoms with Crippen molar-refractivity contribution in [2.24, 2.45) is 0 Å². The van der Waals surface area contributed by atoms with Gasteiger partial charge in [0.05, 0.1) is 12.7 Å². The first-order chi connectivity index (χ1) is 8.02. The van der Waals surface area contributed by atoms with Gasteiger partial charge >= 0.3 is 5.97 Å². The van der Waals surface area contributed by atoms with E-state index in [-0.39, 0.29) is 17.9 Å². The Balaban J connectivity index is 2.21. The summed E-state index contributed by atoms with van der Waals surface area (Å²) in [7, 11) is 0. The molecule has 0 aromatic carbocycles. The van der Waals surface area contributed by atoms with Crippen molar-refractivity contribution >= 4 is 17.5 Å². The average molecular weight is 238 g/mol. The van der Waals surface area contributed by atoms with Crippen LogP contribution in [0.5, 0.6) is 0 Å². The average Bonchev–Trinajstić information content (AvgIpc) is 2.21. The molecule has 92 valence electrons. The Morgan fingerprint density at radius 1 is 1.65 bits per heavy atom. The Morgan fingerprint density at radius 3 is 2.88 bits per heavy atom. The number of aromatic nitrogens is 2. The summed E-state index contributed by atoms with van der Waals surface area (Å²) in [5, 5.41) is 11.9. The van der Waals surface area contributed by atoms with Gasteiger partial charge in [0.15, 0.2) is 5.82 Å². The fraction of sp³-hybridized carbons (Fsp3) is 0.500. The Hall–Kier alpha value is -2.05. The number of nitrogens with two attached hydrogens (primary N) is 1. The van der Waals surface area contributed by atoms with Gasteiger partial charge in [0.1, 0.15) is 5.69 Å². The van der Waals surface area contributed by atoms with E-state index in [0.717, 1.165) is 19.3 Å². The Labute approximate surface area is 97.1 Å². The third-order valence-corrected chi connectivity index (χ3v) is 3.07. The molecule has 0 amide bonds. The predicted molar refractivity (Wildman–Crippen MR) is 61.7 cm³/mol. The highest BCUT2D eigenvalue weighted by molar-refractivity contribution is 5.70. The number of H-pyrrole nitrogens is 1. The van der Waals surface area contributed by atoms with Gasteiger partial charge in [-0.25, -0.2) is 4.98 Å². The van der Waals surface area contributed by atoms with Crippen LogP contribution in [0.3, 0.4) is 0 Å². The minimum Gasteiger partial charge on any atom is -0.481 e. The van der Waals surface area contributed by atoms with Crippen LogP contribution in [0.15, 0.2) is 11.1 Å². The molecule has 1 aromatic rings. The highest BCUT2D eigenvalue weighted by Crippen LogP contribution is 2.38. The second-order valence-electron chi connectivity index (χ2n) is 4.32. The fourth-order valence-electron chi connectivity index (χ4n) is 2.00. The van der Waals surface area contributed by atoms with Crippen LogP contribution in [0, 0.1) is 0 Å². The number of carboxylic acid groups (broad SMARTS) is 1. The van der Waals surface area contributed by atoms with Crippen molar-refractivity contribution < 1.29 is 9.90 Å². The molecule has 7 heteroatoms. The lowest BCUT2D eigenvalue weighted by atomic mass is 9.74. The van der Waals surface area contributed by atoms with Crippen molar-refractivity contribution in [1.82, 2.24) is 9.97 Å². The number of aromatic amines is 1. The predicted octanol–water partition coefficient (Wildman–Crippen LogP) is 0.161. The smallest absolute Gasteiger partial charge is 0.305 e. The molecule has 0 saturated heterocycles. The normalized spacial score (nSPS) is 17.2. The van der Waals surface area contributed by atoms with Crippen molar-refractivity contribution in [1.29, 1.82) is 0 Å². The highest BCUT2D eigenvalue weighted by atomic mass is 16.4. The number of nitrogens with zero attached hydrogens (tertiary/aromatic N) is 1. The SMILES string of the molecule is Nc1c(NC2(CC(=O)O)CCC2)nc[nH]c1=O. The van der Waals surface area contributed by atoms with Crippen LogP contribution in [0.2, 0.25) is 0 Å². The Bertz CT molecular complexity index is 493. The molecular weight excluding hydrogens is 224 g/mol. The molecule has 0 aliphatic heterocycles. The van der Waals surface area contributed by atoms with E-state index in [1.807, 2.05) is 0 Å². The molecule has 7 nitrogen and oxygen atoms in total. The standard InChI is InChI=1S/C10H14N4O3/c11-7-8(12-5-13-9(7)17)14-10(2-1-3-10)4-6(15)16/h5H,1-4,11H2,(H,15,16)(H2,12,13,14,17). The monoisotopic (exact) mass is 238 g/mol. The van der Waals surface area contributed by atoms with Crippen LogP contribution in [-0.2, 0) is 4.79 Å². The molecule has 1 aliphatic carbocycles. The molecule has 1 heterocycles. The Morgan fingerprint density at radius 2 is 2.35 bits per heavy atom. The summed E-state index contributed by atoms with van der Waals surface area (Å²) < 4.78 is 0. The molecule has 0 atom stereocenters. The third kappa shape index (κ3) is 2.22. The maximum Gasteiger partial charge on any atom is 0.305 e. The molecule has 1 fully saturated rings. The van der Waals surface area contributed by atoms with Gasteiger partial charge in [-0.3, -0.25) is 9.59 Å². The van der Waals surface area contributed by atoms with Gasteiger partial charge < -0.3 is 21.1 Å². The molecule has 5 N–H and O–H groups in total. The first-order valence-corrected chi connectivity index (χ1v) is 5.36. The zero-order chi connectivity index (χ0) is 12.5. The molecule has 0 spiro atoms. The van der Waals surface area contributed by atoms with Gasteiger partial charge in [-0.05, 0) is 19.3 Å². The Kier molecular flexibility index (Phi) is 2.74. The number of carbonyl (C=O) groups is 1. The van der Waals surface area contributed by atoms with Crippen molar-refractivity contribution in [2.45, 2.75) is 31.2 Å². The number of aliphatic carboxylic acids is 1. The topological polar surface area (TPSA) is 121 Å². The second kappa shape index (κ2) is 4.08. The number of hydrogen-bond acceptors (Lipinski definition) is 5. The van der Waals surface area contributed by atoms with Gasteiger partial charge in [0.25, 0.3) is 5.56 Å². The maximum absolute atomic E-state index is 11.3. The second-order valence-corrected chi connectivity index (χ2v) is 4.32. The number of nitrogens with one attached hydrogen (secondary N) is 2.